The molecule has 0 bridgehead atoms. The molecule has 2 rings (SSSR count). The number of carbonyl (C=O) groups is 2. The van der Waals surface area contributed by atoms with Crippen LogP contribution in [0.4, 0.5) is 4.79 Å². The number of benzene rings is 1. The quantitative estimate of drug-likeness (QED) is 0.676. The van der Waals surface area contributed by atoms with E-state index in [2.05, 4.69) is 4.98 Å². The second kappa shape index (κ2) is 8.86. The van der Waals surface area contributed by atoms with Crippen molar-refractivity contribution in [3.05, 3.63) is 36.0 Å². The Hall–Kier alpha value is -2.55. The minimum absolute atomic E-state index is 0.0516. The monoisotopic (exact) mass is 423 g/mol. The number of H-pyrrole nitrogens is 1. The maximum Gasteiger partial charge on any atom is 0.424 e. The molecule has 0 aliphatic heterocycles. The van der Waals surface area contributed by atoms with Gasteiger partial charge in [0.15, 0.2) is 0 Å². The first-order chi connectivity index (χ1) is 13.5. The molecule has 2 aromatic rings. The summed E-state index contributed by atoms with van der Waals surface area (Å²) in [6.45, 7) is 6.72. The molecule has 9 heteroatoms. The molecule has 0 fully saturated rings. The van der Waals surface area contributed by atoms with Crippen LogP contribution < -0.4 is 5.73 Å². The highest BCUT2D eigenvalue weighted by molar-refractivity contribution is 7.89. The average molecular weight is 424 g/mol. The van der Waals surface area contributed by atoms with Crippen LogP contribution in [0.3, 0.4) is 0 Å². The number of nitrogens with zero attached hydrogens (tertiary/aromatic N) is 1. The minimum Gasteiger partial charge on any atom is -0.443 e. The fourth-order valence-electron chi connectivity index (χ4n) is 2.97. The van der Waals surface area contributed by atoms with Gasteiger partial charge in [0.2, 0.25) is 15.9 Å². The molecule has 0 saturated carbocycles. The molecule has 1 aromatic heterocycles. The zero-order valence-corrected chi connectivity index (χ0v) is 18.1. The van der Waals surface area contributed by atoms with Gasteiger partial charge in [0.05, 0.1) is 5.75 Å². The zero-order chi connectivity index (χ0) is 21.8. The summed E-state index contributed by atoms with van der Waals surface area (Å²) in [5.41, 5.74) is 6.15. The summed E-state index contributed by atoms with van der Waals surface area (Å²) in [6, 6.07) is 6.01. The second-order valence-corrected chi connectivity index (χ2v) is 9.89. The average Bonchev–Trinajstić information content (AvgIpc) is 3.00. The Balaban J connectivity index is 2.48. The summed E-state index contributed by atoms with van der Waals surface area (Å²) in [4.78, 5) is 28.2. The number of sulfonamides is 1. The molecule has 0 unspecified atom stereocenters. The van der Waals surface area contributed by atoms with E-state index in [1.165, 1.54) is 0 Å². The highest BCUT2D eigenvalue weighted by Gasteiger charge is 2.40. The van der Waals surface area contributed by atoms with Gasteiger partial charge in [0.25, 0.3) is 0 Å². The van der Waals surface area contributed by atoms with E-state index in [1.54, 1.807) is 27.0 Å². The van der Waals surface area contributed by atoms with Gasteiger partial charge in [-0.2, -0.15) is 4.31 Å². The molecule has 3 N–H and O–H groups in total. The van der Waals surface area contributed by atoms with Crippen LogP contribution >= 0.6 is 0 Å². The van der Waals surface area contributed by atoms with Crippen LogP contribution in [0.5, 0.6) is 0 Å². The molecule has 2 amide bonds. The first kappa shape index (κ1) is 22.7. The van der Waals surface area contributed by atoms with E-state index in [0.29, 0.717) is 22.7 Å². The molecule has 8 nitrogen and oxygen atoms in total. The van der Waals surface area contributed by atoms with Crippen LogP contribution in [-0.4, -0.2) is 47.1 Å². The molecular formula is C20H29N3O5S. The lowest BCUT2D eigenvalue weighted by atomic mass is 10.0. The number of nitrogens with two attached hydrogens (primary N) is 1. The first-order valence-corrected chi connectivity index (χ1v) is 11.2. The summed E-state index contributed by atoms with van der Waals surface area (Å²) in [7, 11) is -4.11. The SMILES string of the molecule is CCCCS(=O)(=O)N(C(=O)OC(C)(C)C)[C@@H](Cc1c[nH]c2ccccc12)C(N)=O. The van der Waals surface area contributed by atoms with Gasteiger partial charge < -0.3 is 15.5 Å². The number of amides is 2. The van der Waals surface area contributed by atoms with Crippen LogP contribution in [0.15, 0.2) is 30.5 Å². The van der Waals surface area contributed by atoms with E-state index in [1.807, 2.05) is 31.2 Å². The van der Waals surface area contributed by atoms with Crippen molar-refractivity contribution in [3.8, 4) is 0 Å². The summed E-state index contributed by atoms with van der Waals surface area (Å²) in [6.07, 6.45) is 1.50. The topological polar surface area (TPSA) is 123 Å². The Morgan fingerprint density at radius 1 is 1.24 bits per heavy atom. The molecule has 1 aromatic carbocycles. The van der Waals surface area contributed by atoms with E-state index in [4.69, 9.17) is 10.5 Å². The Bertz CT molecular complexity index is 975. The minimum atomic E-state index is -4.11. The predicted octanol–water partition coefficient (Wildman–Crippen LogP) is 2.93. The van der Waals surface area contributed by atoms with Crippen molar-refractivity contribution in [2.45, 2.75) is 58.6 Å². The van der Waals surface area contributed by atoms with Gasteiger partial charge in [-0.1, -0.05) is 31.5 Å². The lowest BCUT2D eigenvalue weighted by molar-refractivity contribution is -0.121. The van der Waals surface area contributed by atoms with Crippen molar-refractivity contribution in [2.75, 3.05) is 5.75 Å². The van der Waals surface area contributed by atoms with Crippen LogP contribution in [0.25, 0.3) is 10.9 Å². The zero-order valence-electron chi connectivity index (χ0n) is 17.3. The third-order valence-electron chi connectivity index (χ3n) is 4.33. The van der Waals surface area contributed by atoms with E-state index < -0.39 is 33.7 Å². The van der Waals surface area contributed by atoms with Gasteiger partial charge in [-0.05, 0) is 38.8 Å². The van der Waals surface area contributed by atoms with Crippen molar-refractivity contribution in [2.24, 2.45) is 5.73 Å². The van der Waals surface area contributed by atoms with Crippen LogP contribution in [-0.2, 0) is 26.0 Å². The Kier molecular flexibility index (Phi) is 6.94. The fraction of sp³-hybridized carbons (Fsp3) is 0.500. The fourth-order valence-corrected chi connectivity index (χ4v) is 4.66. The largest absolute Gasteiger partial charge is 0.443 e. The van der Waals surface area contributed by atoms with E-state index in [-0.39, 0.29) is 12.2 Å². The number of para-hydroxylation sites is 1. The number of aromatic amines is 1. The van der Waals surface area contributed by atoms with Gasteiger partial charge >= 0.3 is 6.09 Å². The van der Waals surface area contributed by atoms with Crippen LogP contribution in [0.2, 0.25) is 0 Å². The highest BCUT2D eigenvalue weighted by atomic mass is 32.2. The molecule has 0 saturated heterocycles. The number of hydrogen-bond acceptors (Lipinski definition) is 5. The summed E-state index contributed by atoms with van der Waals surface area (Å²) in [5, 5.41) is 0.828. The highest BCUT2D eigenvalue weighted by Crippen LogP contribution is 2.24. The lowest BCUT2D eigenvalue weighted by Gasteiger charge is -2.31. The Morgan fingerprint density at radius 2 is 1.90 bits per heavy atom. The van der Waals surface area contributed by atoms with E-state index >= 15 is 0 Å². The number of hydrogen-bond donors (Lipinski definition) is 2. The van der Waals surface area contributed by atoms with Crippen molar-refractivity contribution >= 4 is 32.9 Å². The normalized spacial score (nSPS) is 13.2. The molecule has 0 aliphatic rings. The number of aromatic nitrogens is 1. The number of rotatable bonds is 8. The van der Waals surface area contributed by atoms with Gasteiger partial charge in [0.1, 0.15) is 11.6 Å². The van der Waals surface area contributed by atoms with Crippen molar-refractivity contribution in [1.82, 2.24) is 9.29 Å². The van der Waals surface area contributed by atoms with E-state index in [9.17, 15) is 18.0 Å². The molecule has 160 valence electrons. The number of primary amides is 1. The third kappa shape index (κ3) is 5.72. The second-order valence-electron chi connectivity index (χ2n) is 7.93. The van der Waals surface area contributed by atoms with Gasteiger partial charge in [-0.3, -0.25) is 4.79 Å². The van der Waals surface area contributed by atoms with Crippen LogP contribution in [0.1, 0.15) is 46.1 Å². The standard InChI is InChI=1S/C20H29N3O5S/c1-5-6-11-29(26,27)23(19(25)28-20(2,3)4)17(18(21)24)12-14-13-22-16-10-8-7-9-15(14)16/h7-10,13,17,22H,5-6,11-12H2,1-4H3,(H2,21,24)/t17-/m0/s1. The lowest BCUT2D eigenvalue weighted by Crippen LogP contribution is -2.53. The summed E-state index contributed by atoms with van der Waals surface area (Å²) >= 11 is 0. The summed E-state index contributed by atoms with van der Waals surface area (Å²) in [5.74, 6) is -1.19. The third-order valence-corrected chi connectivity index (χ3v) is 6.14. The van der Waals surface area contributed by atoms with Crippen molar-refractivity contribution < 1.29 is 22.7 Å². The maximum absolute atomic E-state index is 13.0. The molecule has 1 atom stereocenters. The Labute approximate surface area is 171 Å². The first-order valence-electron chi connectivity index (χ1n) is 9.55. The number of unbranched alkanes of at least 4 members (excludes halogenated alkanes) is 1. The molecule has 0 radical (unpaired) electrons. The van der Waals surface area contributed by atoms with Gasteiger partial charge in [-0.15, -0.1) is 0 Å². The number of ether oxygens (including phenoxy) is 1. The molecule has 0 spiro atoms. The molecule has 1 heterocycles. The maximum atomic E-state index is 13.0. The van der Waals surface area contributed by atoms with Crippen LogP contribution in [0, 0.1) is 0 Å². The Morgan fingerprint density at radius 3 is 2.48 bits per heavy atom. The molecular weight excluding hydrogens is 394 g/mol. The van der Waals surface area contributed by atoms with Crippen molar-refractivity contribution in [1.29, 1.82) is 0 Å². The number of fused-ring (bicyclic) bond motifs is 1. The van der Waals surface area contributed by atoms with Crippen molar-refractivity contribution in [3.63, 3.8) is 0 Å². The smallest absolute Gasteiger partial charge is 0.424 e. The van der Waals surface area contributed by atoms with E-state index in [0.717, 1.165) is 10.9 Å². The number of nitrogens with one attached hydrogen (secondary N) is 1. The molecule has 29 heavy (non-hydrogen) atoms. The van der Waals surface area contributed by atoms with Gasteiger partial charge in [0, 0.05) is 23.5 Å². The molecule has 0 aliphatic carbocycles. The van der Waals surface area contributed by atoms with Gasteiger partial charge in [-0.25, -0.2) is 13.2 Å². The predicted molar refractivity (Wildman–Crippen MR) is 112 cm³/mol. The number of carbonyl (C=O) groups excluding carboxylic acids is 2. The summed E-state index contributed by atoms with van der Waals surface area (Å²) < 4.78 is 31.8.